The summed E-state index contributed by atoms with van der Waals surface area (Å²) in [6.45, 7) is 1.96. The standard InChI is InChI=1S/C11H8Cl3NOS/c1-6-2-3-8(7(13)4-6)16-11-15-10(14)9(5-12)17-11/h2-4H,5H2,1H3. The van der Waals surface area contributed by atoms with Gasteiger partial charge in [-0.25, -0.2) is 0 Å². The van der Waals surface area contributed by atoms with Crippen molar-refractivity contribution in [3.63, 3.8) is 0 Å². The Hall–Kier alpha value is -0.480. The number of hydrogen-bond donors (Lipinski definition) is 0. The Kier molecular flexibility index (Phi) is 4.15. The van der Waals surface area contributed by atoms with Crippen LogP contribution < -0.4 is 4.74 Å². The minimum Gasteiger partial charge on any atom is -0.429 e. The van der Waals surface area contributed by atoms with Crippen LogP contribution in [0.15, 0.2) is 18.2 Å². The molecule has 0 aliphatic rings. The van der Waals surface area contributed by atoms with Crippen LogP contribution in [-0.4, -0.2) is 4.98 Å². The van der Waals surface area contributed by atoms with Crippen LogP contribution in [0.25, 0.3) is 0 Å². The van der Waals surface area contributed by atoms with Crippen molar-refractivity contribution in [3.8, 4) is 10.9 Å². The number of thiazole rings is 1. The van der Waals surface area contributed by atoms with Gasteiger partial charge in [-0.15, -0.1) is 11.6 Å². The molecule has 0 atom stereocenters. The van der Waals surface area contributed by atoms with Crippen molar-refractivity contribution >= 4 is 46.1 Å². The zero-order valence-corrected chi connectivity index (χ0v) is 11.9. The normalized spacial score (nSPS) is 10.6. The van der Waals surface area contributed by atoms with Crippen LogP contribution in [0, 0.1) is 6.92 Å². The molecular weight excluding hydrogens is 301 g/mol. The molecule has 0 fully saturated rings. The SMILES string of the molecule is Cc1ccc(Oc2nc(Cl)c(CCl)s2)c(Cl)c1. The summed E-state index contributed by atoms with van der Waals surface area (Å²) in [6, 6.07) is 5.54. The quantitative estimate of drug-likeness (QED) is 0.719. The first-order valence-electron chi connectivity index (χ1n) is 4.75. The lowest BCUT2D eigenvalue weighted by atomic mass is 10.2. The Labute approximate surface area is 118 Å². The van der Waals surface area contributed by atoms with E-state index in [9.17, 15) is 0 Å². The van der Waals surface area contributed by atoms with Gasteiger partial charge in [0.2, 0.25) is 0 Å². The van der Waals surface area contributed by atoms with E-state index in [1.165, 1.54) is 11.3 Å². The molecule has 1 heterocycles. The minimum atomic E-state index is 0.321. The zero-order chi connectivity index (χ0) is 12.4. The Morgan fingerprint density at radius 1 is 1.35 bits per heavy atom. The van der Waals surface area contributed by atoms with E-state index in [1.54, 1.807) is 6.07 Å². The van der Waals surface area contributed by atoms with Crippen molar-refractivity contribution in [2.75, 3.05) is 0 Å². The monoisotopic (exact) mass is 307 g/mol. The first-order chi connectivity index (χ1) is 8.10. The van der Waals surface area contributed by atoms with Crippen LogP contribution in [0.4, 0.5) is 0 Å². The van der Waals surface area contributed by atoms with Crippen LogP contribution >= 0.6 is 46.1 Å². The van der Waals surface area contributed by atoms with Gasteiger partial charge in [-0.05, 0) is 24.6 Å². The van der Waals surface area contributed by atoms with E-state index in [-0.39, 0.29) is 0 Å². The first kappa shape index (κ1) is 13.0. The Balaban J connectivity index is 2.25. The fourth-order valence-electron chi connectivity index (χ4n) is 1.22. The summed E-state index contributed by atoms with van der Waals surface area (Å²) in [6.07, 6.45) is 0. The van der Waals surface area contributed by atoms with Gasteiger partial charge in [0.05, 0.1) is 15.8 Å². The summed E-state index contributed by atoms with van der Waals surface area (Å²) >= 11 is 18.9. The highest BCUT2D eigenvalue weighted by Crippen LogP contribution is 2.35. The average Bonchev–Trinajstić information content (AvgIpc) is 2.63. The number of alkyl halides is 1. The van der Waals surface area contributed by atoms with Gasteiger partial charge in [-0.3, -0.25) is 0 Å². The number of aryl methyl sites for hydroxylation is 1. The number of ether oxygens (including phenoxy) is 1. The second-order valence-electron chi connectivity index (χ2n) is 3.36. The second-order valence-corrected chi connectivity index (χ2v) is 5.44. The van der Waals surface area contributed by atoms with E-state index in [0.29, 0.717) is 27.0 Å². The molecule has 0 saturated heterocycles. The van der Waals surface area contributed by atoms with Gasteiger partial charge >= 0.3 is 0 Å². The fourth-order valence-corrected chi connectivity index (χ4v) is 2.83. The summed E-state index contributed by atoms with van der Waals surface area (Å²) in [5, 5.41) is 1.36. The van der Waals surface area contributed by atoms with Gasteiger partial charge in [-0.1, -0.05) is 40.6 Å². The number of rotatable bonds is 3. The molecule has 0 spiro atoms. The molecule has 1 aromatic carbocycles. The van der Waals surface area contributed by atoms with E-state index < -0.39 is 0 Å². The lowest BCUT2D eigenvalue weighted by Crippen LogP contribution is -1.84. The number of benzene rings is 1. The predicted molar refractivity (Wildman–Crippen MR) is 72.9 cm³/mol. The summed E-state index contributed by atoms with van der Waals surface area (Å²) in [5.74, 6) is 0.880. The molecule has 0 amide bonds. The summed E-state index contributed by atoms with van der Waals surface area (Å²) < 4.78 is 5.56. The summed E-state index contributed by atoms with van der Waals surface area (Å²) in [5.41, 5.74) is 1.07. The largest absolute Gasteiger partial charge is 0.429 e. The third-order valence-electron chi connectivity index (χ3n) is 2.04. The highest BCUT2D eigenvalue weighted by atomic mass is 35.5. The molecule has 2 nitrogen and oxygen atoms in total. The molecule has 90 valence electrons. The maximum absolute atomic E-state index is 6.05. The molecule has 1 aromatic heterocycles. The lowest BCUT2D eigenvalue weighted by Gasteiger charge is -2.04. The van der Waals surface area contributed by atoms with Gasteiger partial charge in [-0.2, -0.15) is 4.98 Å². The summed E-state index contributed by atoms with van der Waals surface area (Å²) in [4.78, 5) is 4.84. The first-order valence-corrected chi connectivity index (χ1v) is 6.86. The maximum atomic E-state index is 6.05. The summed E-state index contributed by atoms with van der Waals surface area (Å²) in [7, 11) is 0. The van der Waals surface area contributed by atoms with Crippen LogP contribution in [0.1, 0.15) is 10.4 Å². The third kappa shape index (κ3) is 3.05. The molecule has 17 heavy (non-hydrogen) atoms. The van der Waals surface area contributed by atoms with E-state index in [4.69, 9.17) is 39.5 Å². The molecule has 0 aliphatic heterocycles. The maximum Gasteiger partial charge on any atom is 0.280 e. The smallest absolute Gasteiger partial charge is 0.280 e. The molecule has 2 rings (SSSR count). The van der Waals surface area contributed by atoms with E-state index >= 15 is 0 Å². The second kappa shape index (κ2) is 5.44. The Morgan fingerprint density at radius 2 is 2.12 bits per heavy atom. The number of halogens is 3. The van der Waals surface area contributed by atoms with Crippen molar-refractivity contribution < 1.29 is 4.74 Å². The number of nitrogens with zero attached hydrogens (tertiary/aromatic N) is 1. The van der Waals surface area contributed by atoms with E-state index in [0.717, 1.165) is 10.4 Å². The van der Waals surface area contributed by atoms with Crippen molar-refractivity contribution in [2.45, 2.75) is 12.8 Å². The number of hydrogen-bond acceptors (Lipinski definition) is 3. The van der Waals surface area contributed by atoms with Crippen LogP contribution in [0.3, 0.4) is 0 Å². The van der Waals surface area contributed by atoms with Crippen LogP contribution in [-0.2, 0) is 5.88 Å². The van der Waals surface area contributed by atoms with E-state index in [1.807, 2.05) is 19.1 Å². The van der Waals surface area contributed by atoms with Crippen LogP contribution in [0.2, 0.25) is 10.2 Å². The van der Waals surface area contributed by atoms with Crippen molar-refractivity contribution in [1.29, 1.82) is 0 Å². The van der Waals surface area contributed by atoms with Gasteiger partial charge in [0.25, 0.3) is 5.19 Å². The van der Waals surface area contributed by atoms with Gasteiger partial charge < -0.3 is 4.74 Å². The molecule has 0 aliphatic carbocycles. The van der Waals surface area contributed by atoms with Gasteiger partial charge in [0.1, 0.15) is 10.9 Å². The van der Waals surface area contributed by atoms with Gasteiger partial charge in [0.15, 0.2) is 0 Å². The molecule has 2 aromatic rings. The molecule has 0 saturated carbocycles. The Bertz CT molecular complexity index is 542. The highest BCUT2D eigenvalue weighted by Gasteiger charge is 2.11. The lowest BCUT2D eigenvalue weighted by molar-refractivity contribution is 0.479. The van der Waals surface area contributed by atoms with Crippen molar-refractivity contribution in [1.82, 2.24) is 4.98 Å². The average molecular weight is 309 g/mol. The van der Waals surface area contributed by atoms with Gasteiger partial charge in [0, 0.05) is 0 Å². The van der Waals surface area contributed by atoms with Crippen LogP contribution in [0.5, 0.6) is 10.9 Å². The van der Waals surface area contributed by atoms with Crippen molar-refractivity contribution in [3.05, 3.63) is 38.8 Å². The zero-order valence-electron chi connectivity index (χ0n) is 8.84. The third-order valence-corrected chi connectivity index (χ3v) is 4.12. The predicted octanol–water partition coefficient (Wildman–Crippen LogP) is 5.29. The molecule has 6 heteroatoms. The topological polar surface area (TPSA) is 22.1 Å². The minimum absolute atomic E-state index is 0.321. The molecule has 0 unspecified atom stereocenters. The molecule has 0 bridgehead atoms. The Morgan fingerprint density at radius 3 is 2.71 bits per heavy atom. The number of aromatic nitrogens is 1. The molecule has 0 radical (unpaired) electrons. The molecule has 0 N–H and O–H groups in total. The van der Waals surface area contributed by atoms with E-state index in [2.05, 4.69) is 4.98 Å². The fraction of sp³-hybridized carbons (Fsp3) is 0.182. The molecular formula is C11H8Cl3NOS. The highest BCUT2D eigenvalue weighted by molar-refractivity contribution is 7.14. The van der Waals surface area contributed by atoms with Crippen molar-refractivity contribution in [2.24, 2.45) is 0 Å².